The minimum absolute atomic E-state index is 0.219. The molecule has 0 atom stereocenters. The number of anilines is 1. The van der Waals surface area contributed by atoms with Gasteiger partial charge < -0.3 is 5.32 Å². The second-order valence-corrected chi connectivity index (χ2v) is 2.75. The van der Waals surface area contributed by atoms with Crippen molar-refractivity contribution in [2.75, 3.05) is 11.9 Å². The Morgan fingerprint density at radius 1 is 1.60 bits per heavy atom. The van der Waals surface area contributed by atoms with Crippen molar-refractivity contribution in [3.05, 3.63) is 34.1 Å². The normalized spacial score (nSPS) is 9.33. The minimum atomic E-state index is -0.669. The second-order valence-electron chi connectivity index (χ2n) is 2.75. The average molecular weight is 209 g/mol. The van der Waals surface area contributed by atoms with Gasteiger partial charge in [0, 0.05) is 6.54 Å². The molecule has 1 aromatic rings. The van der Waals surface area contributed by atoms with Crippen molar-refractivity contribution >= 4 is 11.4 Å². The molecule has 0 radical (unpaired) electrons. The first-order chi connectivity index (χ1) is 7.15. The molecule has 0 fully saturated rings. The Morgan fingerprint density at radius 2 is 2.33 bits per heavy atom. The molecule has 1 aromatic carbocycles. The van der Waals surface area contributed by atoms with Crippen LogP contribution in [0.1, 0.15) is 6.42 Å². The van der Waals surface area contributed by atoms with Crippen LogP contribution in [0.4, 0.5) is 15.8 Å². The lowest BCUT2D eigenvalue weighted by Crippen LogP contribution is -2.03. The lowest BCUT2D eigenvalue weighted by molar-refractivity contribution is -0.384. The zero-order valence-corrected chi connectivity index (χ0v) is 7.74. The van der Waals surface area contributed by atoms with Crippen molar-refractivity contribution in [1.82, 2.24) is 0 Å². The van der Waals surface area contributed by atoms with Crippen LogP contribution in [0.25, 0.3) is 0 Å². The molecular formula is C9H8FN3O2. The van der Waals surface area contributed by atoms with Crippen LogP contribution in [-0.4, -0.2) is 11.5 Å². The van der Waals surface area contributed by atoms with Crippen molar-refractivity contribution in [3.8, 4) is 6.07 Å². The fraction of sp³-hybridized carbons (Fsp3) is 0.222. The molecule has 0 amide bonds. The Kier molecular flexibility index (Phi) is 3.57. The first kappa shape index (κ1) is 10.9. The summed E-state index contributed by atoms with van der Waals surface area (Å²) in [4.78, 5) is 9.87. The monoisotopic (exact) mass is 209 g/mol. The lowest BCUT2D eigenvalue weighted by atomic mass is 10.2. The Balaban J connectivity index is 2.87. The summed E-state index contributed by atoms with van der Waals surface area (Å²) in [5, 5.41) is 21.5. The number of nitrogens with one attached hydrogen (secondary N) is 1. The lowest BCUT2D eigenvalue weighted by Gasteiger charge is -2.04. The highest BCUT2D eigenvalue weighted by Crippen LogP contribution is 2.24. The molecule has 0 aromatic heterocycles. The van der Waals surface area contributed by atoms with Crippen molar-refractivity contribution < 1.29 is 9.31 Å². The number of nitro benzene ring substituents is 1. The van der Waals surface area contributed by atoms with E-state index in [1.165, 1.54) is 6.07 Å². The van der Waals surface area contributed by atoms with Gasteiger partial charge in [-0.2, -0.15) is 5.26 Å². The number of nitriles is 1. The molecule has 78 valence electrons. The average Bonchev–Trinajstić information content (AvgIpc) is 2.20. The maximum absolute atomic E-state index is 12.7. The van der Waals surface area contributed by atoms with E-state index < -0.39 is 10.7 Å². The number of hydrogen-bond donors (Lipinski definition) is 1. The molecule has 1 N–H and O–H groups in total. The Bertz CT molecular complexity index is 414. The highest BCUT2D eigenvalue weighted by molar-refractivity contribution is 5.61. The predicted molar refractivity (Wildman–Crippen MR) is 51.8 cm³/mol. The number of rotatable bonds is 4. The molecule has 0 aliphatic carbocycles. The molecule has 0 heterocycles. The van der Waals surface area contributed by atoms with Gasteiger partial charge in [-0.05, 0) is 12.1 Å². The van der Waals surface area contributed by atoms with Crippen LogP contribution in [-0.2, 0) is 0 Å². The molecule has 0 bridgehead atoms. The summed E-state index contributed by atoms with van der Waals surface area (Å²) in [5.74, 6) is -0.660. The van der Waals surface area contributed by atoms with Crippen LogP contribution < -0.4 is 5.32 Å². The molecule has 15 heavy (non-hydrogen) atoms. The Morgan fingerprint density at radius 3 is 2.93 bits per heavy atom. The van der Waals surface area contributed by atoms with Gasteiger partial charge in [-0.3, -0.25) is 10.1 Å². The van der Waals surface area contributed by atoms with Gasteiger partial charge in [0.15, 0.2) is 0 Å². The molecular weight excluding hydrogens is 201 g/mol. The van der Waals surface area contributed by atoms with E-state index in [9.17, 15) is 14.5 Å². The maximum atomic E-state index is 12.7. The molecule has 0 aliphatic heterocycles. The molecule has 0 saturated carbocycles. The van der Waals surface area contributed by atoms with Crippen LogP contribution in [0.5, 0.6) is 0 Å². The van der Waals surface area contributed by atoms with Crippen molar-refractivity contribution in [2.24, 2.45) is 0 Å². The van der Waals surface area contributed by atoms with Crippen LogP contribution >= 0.6 is 0 Å². The van der Waals surface area contributed by atoms with Gasteiger partial charge in [-0.1, -0.05) is 0 Å². The number of benzene rings is 1. The third-order valence-electron chi connectivity index (χ3n) is 1.71. The molecule has 0 aliphatic rings. The van der Waals surface area contributed by atoms with Crippen LogP contribution in [0, 0.1) is 27.3 Å². The summed E-state index contributed by atoms with van der Waals surface area (Å²) in [6.07, 6.45) is 0.231. The van der Waals surface area contributed by atoms with E-state index in [2.05, 4.69) is 5.32 Å². The summed E-state index contributed by atoms with van der Waals surface area (Å²) in [7, 11) is 0. The highest BCUT2D eigenvalue weighted by atomic mass is 19.1. The van der Waals surface area contributed by atoms with Crippen LogP contribution in [0.15, 0.2) is 18.2 Å². The van der Waals surface area contributed by atoms with E-state index in [1.807, 2.05) is 6.07 Å². The topological polar surface area (TPSA) is 79.0 Å². The molecule has 0 unspecified atom stereocenters. The zero-order valence-electron chi connectivity index (χ0n) is 7.74. The standard InChI is InChI=1S/C9H8FN3O2/c10-7-2-3-8(12-5-1-4-11)9(6-7)13(14)15/h2-3,6,12H,1,5H2. The molecule has 0 saturated heterocycles. The molecule has 0 spiro atoms. The summed E-state index contributed by atoms with van der Waals surface area (Å²) in [6.45, 7) is 0.295. The molecule has 6 heteroatoms. The number of nitrogens with zero attached hydrogens (tertiary/aromatic N) is 2. The number of hydrogen-bond acceptors (Lipinski definition) is 4. The van der Waals surface area contributed by atoms with Crippen molar-refractivity contribution in [1.29, 1.82) is 5.26 Å². The highest BCUT2D eigenvalue weighted by Gasteiger charge is 2.13. The van der Waals surface area contributed by atoms with Gasteiger partial charge in [0.2, 0.25) is 0 Å². The summed E-state index contributed by atoms with van der Waals surface area (Å²) >= 11 is 0. The van der Waals surface area contributed by atoms with Gasteiger partial charge in [0.25, 0.3) is 5.69 Å². The van der Waals surface area contributed by atoms with E-state index in [0.717, 1.165) is 12.1 Å². The number of nitro groups is 1. The van der Waals surface area contributed by atoms with Crippen molar-refractivity contribution in [3.63, 3.8) is 0 Å². The van der Waals surface area contributed by atoms with Gasteiger partial charge >= 0.3 is 0 Å². The van der Waals surface area contributed by atoms with Gasteiger partial charge in [0.1, 0.15) is 11.5 Å². The van der Waals surface area contributed by atoms with Gasteiger partial charge in [0.05, 0.1) is 23.5 Å². The predicted octanol–water partition coefficient (Wildman–Crippen LogP) is 2.06. The quantitative estimate of drug-likeness (QED) is 0.467. The zero-order chi connectivity index (χ0) is 11.3. The third kappa shape index (κ3) is 2.91. The van der Waals surface area contributed by atoms with E-state index in [-0.39, 0.29) is 17.8 Å². The van der Waals surface area contributed by atoms with Gasteiger partial charge in [-0.25, -0.2) is 4.39 Å². The fourth-order valence-electron chi connectivity index (χ4n) is 1.06. The summed E-state index contributed by atoms with van der Waals surface area (Å²) < 4.78 is 12.7. The fourth-order valence-corrected chi connectivity index (χ4v) is 1.06. The maximum Gasteiger partial charge on any atom is 0.295 e. The van der Waals surface area contributed by atoms with Gasteiger partial charge in [-0.15, -0.1) is 0 Å². The van der Waals surface area contributed by atoms with Crippen molar-refractivity contribution in [2.45, 2.75) is 6.42 Å². The third-order valence-corrected chi connectivity index (χ3v) is 1.71. The van der Waals surface area contributed by atoms with E-state index in [4.69, 9.17) is 5.26 Å². The molecule has 5 nitrogen and oxygen atoms in total. The second kappa shape index (κ2) is 4.91. The Labute approximate surface area is 85.3 Å². The summed E-state index contributed by atoms with van der Waals surface area (Å²) in [6, 6.07) is 5.14. The smallest absolute Gasteiger partial charge is 0.295 e. The SMILES string of the molecule is N#CCCNc1ccc(F)cc1[N+](=O)[O-]. The minimum Gasteiger partial charge on any atom is -0.378 e. The van der Waals surface area contributed by atoms with Crippen LogP contribution in [0.3, 0.4) is 0 Å². The first-order valence-electron chi connectivity index (χ1n) is 4.20. The molecule has 1 rings (SSSR count). The van der Waals surface area contributed by atoms with E-state index in [0.29, 0.717) is 6.54 Å². The first-order valence-corrected chi connectivity index (χ1v) is 4.20. The largest absolute Gasteiger partial charge is 0.378 e. The Hall–Kier alpha value is -2.16. The summed E-state index contributed by atoms with van der Waals surface area (Å²) in [5.41, 5.74) is -0.107. The van der Waals surface area contributed by atoms with E-state index >= 15 is 0 Å². The van der Waals surface area contributed by atoms with Crippen LogP contribution in [0.2, 0.25) is 0 Å². The number of halogens is 1. The van der Waals surface area contributed by atoms with E-state index in [1.54, 1.807) is 0 Å².